The van der Waals surface area contributed by atoms with Gasteiger partial charge in [-0.25, -0.2) is 13.8 Å². The molecule has 192 valence electrons. The van der Waals surface area contributed by atoms with Crippen LogP contribution < -0.4 is 20.1 Å². The number of benzene rings is 1. The van der Waals surface area contributed by atoms with Gasteiger partial charge in [0.2, 0.25) is 5.91 Å². The van der Waals surface area contributed by atoms with E-state index in [9.17, 15) is 13.6 Å². The maximum Gasteiger partial charge on any atom is 0.335 e. The molecule has 0 saturated carbocycles. The topological polar surface area (TPSA) is 94.9 Å². The van der Waals surface area contributed by atoms with E-state index in [0.717, 1.165) is 32.4 Å². The van der Waals surface area contributed by atoms with Gasteiger partial charge in [-0.2, -0.15) is 8.78 Å². The van der Waals surface area contributed by atoms with E-state index < -0.39 is 40.4 Å². The van der Waals surface area contributed by atoms with E-state index in [1.54, 1.807) is 0 Å². The van der Waals surface area contributed by atoms with Crippen molar-refractivity contribution in [3.05, 3.63) is 60.0 Å². The molecule has 4 rings (SSSR count). The van der Waals surface area contributed by atoms with E-state index >= 15 is 8.78 Å². The number of pyridine rings is 1. The van der Waals surface area contributed by atoms with Crippen LogP contribution in [0, 0.1) is 11.6 Å². The fourth-order valence-electron chi connectivity index (χ4n) is 3.95. The number of rotatable bonds is 8. The van der Waals surface area contributed by atoms with Crippen molar-refractivity contribution in [2.75, 3.05) is 32.8 Å². The molecule has 0 spiro atoms. The second-order valence-electron chi connectivity index (χ2n) is 8.01. The smallest absolute Gasteiger partial charge is 0.335 e. The monoisotopic (exact) mass is 509 g/mol. The summed E-state index contributed by atoms with van der Waals surface area (Å²) in [5.41, 5.74) is -1.59. The van der Waals surface area contributed by atoms with E-state index in [0.29, 0.717) is 18.8 Å². The highest BCUT2D eigenvalue weighted by atomic mass is 19.3. The molecule has 1 aliphatic heterocycles. The summed E-state index contributed by atoms with van der Waals surface area (Å²) >= 11 is 0. The van der Waals surface area contributed by atoms with Gasteiger partial charge in [-0.05, 0) is 24.6 Å². The molecule has 0 radical (unpaired) electrons. The Labute approximate surface area is 203 Å². The number of carbonyl (C=O) groups excluding carboxylic acids is 1. The van der Waals surface area contributed by atoms with Gasteiger partial charge in [0.1, 0.15) is 11.4 Å². The molecule has 1 amide bonds. The van der Waals surface area contributed by atoms with Gasteiger partial charge in [0.05, 0.1) is 39.1 Å². The number of halogens is 4. The first-order valence-corrected chi connectivity index (χ1v) is 10.8. The highest BCUT2D eigenvalue weighted by Crippen LogP contribution is 2.45. The minimum absolute atomic E-state index is 0.0256. The van der Waals surface area contributed by atoms with E-state index in [1.807, 2.05) is 0 Å². The normalized spacial score (nSPS) is 18.1. The Morgan fingerprint density at radius 2 is 1.86 bits per heavy atom. The fraction of sp³-hybridized carbons (Fsp3) is 0.333. The first kappa shape index (κ1) is 25.3. The zero-order valence-corrected chi connectivity index (χ0v) is 19.4. The molecule has 1 fully saturated rings. The van der Waals surface area contributed by atoms with Gasteiger partial charge in [0.25, 0.3) is 0 Å². The second-order valence-corrected chi connectivity index (χ2v) is 8.01. The van der Waals surface area contributed by atoms with Crippen molar-refractivity contribution in [1.29, 1.82) is 0 Å². The second kappa shape index (κ2) is 10.1. The van der Waals surface area contributed by atoms with Crippen LogP contribution in [0.15, 0.2) is 41.5 Å². The van der Waals surface area contributed by atoms with E-state index in [1.165, 1.54) is 12.3 Å². The molecule has 36 heavy (non-hydrogen) atoms. The van der Waals surface area contributed by atoms with Crippen LogP contribution in [0.2, 0.25) is 0 Å². The minimum atomic E-state index is -4.21. The Hall–Kier alpha value is -3.80. The Kier molecular flexibility index (Phi) is 7.07. The quantitative estimate of drug-likeness (QED) is 0.348. The number of amides is 1. The molecule has 1 saturated heterocycles. The van der Waals surface area contributed by atoms with Crippen LogP contribution in [0.3, 0.4) is 0 Å². The molecule has 1 aliphatic rings. The van der Waals surface area contributed by atoms with Crippen LogP contribution in [0.5, 0.6) is 11.5 Å². The number of fused-ring (bicyclic) bond motifs is 1. The van der Waals surface area contributed by atoms with Crippen LogP contribution >= 0.6 is 0 Å². The van der Waals surface area contributed by atoms with Crippen molar-refractivity contribution in [2.45, 2.75) is 24.4 Å². The molecule has 1 aromatic carbocycles. The lowest BCUT2D eigenvalue weighted by atomic mass is 10.0. The predicted octanol–water partition coefficient (Wildman–Crippen LogP) is 4.13. The average molecular weight is 509 g/mol. The third-order valence-corrected chi connectivity index (χ3v) is 5.80. The molecule has 2 atom stereocenters. The van der Waals surface area contributed by atoms with Gasteiger partial charge in [0, 0.05) is 18.1 Å². The maximum atomic E-state index is 15.4. The fourth-order valence-corrected chi connectivity index (χ4v) is 3.95. The van der Waals surface area contributed by atoms with Gasteiger partial charge in [-0.1, -0.05) is 6.58 Å². The summed E-state index contributed by atoms with van der Waals surface area (Å²) in [5.74, 6) is -9.63. The highest BCUT2D eigenvalue weighted by Gasteiger charge is 2.45. The first-order valence-electron chi connectivity index (χ1n) is 10.8. The van der Waals surface area contributed by atoms with Crippen molar-refractivity contribution < 1.29 is 41.0 Å². The van der Waals surface area contributed by atoms with Crippen LogP contribution in [0.4, 0.5) is 23.4 Å². The number of alkyl halides is 2. The number of aromatic nitrogens is 1. The standard InChI is InChI=1S/C24H23F4N3O5/c1-4-20(32)31-13-5-6-35-11-14(13)30-19-8-12-7-18(36-17(12)10-29-19)24(27,28)21-22(25)15(33-2)9-16(34-3)23(21)26/h4,7-10,13-14H,1,5-6,11H2,2-3H3,(H,29,30)(H,31,32). The molecule has 12 heteroatoms. The van der Waals surface area contributed by atoms with E-state index in [-0.39, 0.29) is 35.6 Å². The summed E-state index contributed by atoms with van der Waals surface area (Å²) in [6.07, 6.45) is 2.91. The summed E-state index contributed by atoms with van der Waals surface area (Å²) in [6.45, 7) is 4.16. The third kappa shape index (κ3) is 4.68. The van der Waals surface area contributed by atoms with Crippen molar-refractivity contribution in [3.63, 3.8) is 0 Å². The zero-order chi connectivity index (χ0) is 26.0. The van der Waals surface area contributed by atoms with E-state index in [4.69, 9.17) is 18.6 Å². The predicted molar refractivity (Wildman–Crippen MR) is 121 cm³/mol. The third-order valence-electron chi connectivity index (χ3n) is 5.80. The number of ether oxygens (including phenoxy) is 3. The lowest BCUT2D eigenvalue weighted by Gasteiger charge is -2.32. The largest absolute Gasteiger partial charge is 0.494 e. The molecular formula is C24H23F4N3O5. The zero-order valence-electron chi connectivity index (χ0n) is 19.4. The number of carbonyl (C=O) groups is 1. The first-order chi connectivity index (χ1) is 17.2. The molecule has 3 heterocycles. The van der Waals surface area contributed by atoms with Crippen molar-refractivity contribution in [3.8, 4) is 11.5 Å². The molecule has 2 N–H and O–H groups in total. The van der Waals surface area contributed by atoms with Crippen LogP contribution in [-0.4, -0.2) is 50.4 Å². The number of anilines is 1. The van der Waals surface area contributed by atoms with Gasteiger partial charge < -0.3 is 29.3 Å². The van der Waals surface area contributed by atoms with Crippen molar-refractivity contribution >= 4 is 22.7 Å². The lowest BCUT2D eigenvalue weighted by molar-refractivity contribution is -0.117. The molecule has 0 aliphatic carbocycles. The van der Waals surface area contributed by atoms with Gasteiger partial charge in [-0.3, -0.25) is 4.79 Å². The maximum absolute atomic E-state index is 15.4. The SMILES string of the molecule is C=CC(=O)NC1CCOCC1Nc1cc2cc(C(F)(F)c3c(F)c(OC)cc(OC)c3F)oc2cn1. The van der Waals surface area contributed by atoms with Crippen molar-refractivity contribution in [2.24, 2.45) is 0 Å². The minimum Gasteiger partial charge on any atom is -0.494 e. The number of methoxy groups -OCH3 is 2. The van der Waals surface area contributed by atoms with E-state index in [2.05, 4.69) is 22.2 Å². The summed E-state index contributed by atoms with van der Waals surface area (Å²) in [4.78, 5) is 15.9. The molecule has 2 unspecified atom stereocenters. The number of hydrogen-bond acceptors (Lipinski definition) is 7. The molecule has 2 aromatic heterocycles. The van der Waals surface area contributed by atoms with Crippen LogP contribution in [-0.2, 0) is 15.5 Å². The van der Waals surface area contributed by atoms with Crippen molar-refractivity contribution in [1.82, 2.24) is 10.3 Å². The average Bonchev–Trinajstić information content (AvgIpc) is 3.30. The number of nitrogens with zero attached hydrogens (tertiary/aromatic N) is 1. The Morgan fingerprint density at radius 1 is 1.17 bits per heavy atom. The number of nitrogens with one attached hydrogen (secondary N) is 2. The number of furan rings is 1. The summed E-state index contributed by atoms with van der Waals surface area (Å²) < 4.78 is 80.5. The van der Waals surface area contributed by atoms with Gasteiger partial charge >= 0.3 is 5.92 Å². The molecule has 0 bridgehead atoms. The molecule has 3 aromatic rings. The van der Waals surface area contributed by atoms with Crippen LogP contribution in [0.25, 0.3) is 11.0 Å². The van der Waals surface area contributed by atoms with Gasteiger partial charge in [-0.15, -0.1) is 0 Å². The summed E-state index contributed by atoms with van der Waals surface area (Å²) in [5, 5.41) is 6.13. The van der Waals surface area contributed by atoms with Gasteiger partial charge in [0.15, 0.2) is 34.5 Å². The number of hydrogen-bond donors (Lipinski definition) is 2. The summed E-state index contributed by atoms with van der Waals surface area (Å²) in [7, 11) is 2.12. The highest BCUT2D eigenvalue weighted by molar-refractivity contribution is 5.87. The Bertz CT molecular complexity index is 1270. The molecular weight excluding hydrogens is 486 g/mol. The summed E-state index contributed by atoms with van der Waals surface area (Å²) in [6, 6.07) is 2.62. The van der Waals surface area contributed by atoms with Crippen LogP contribution in [0.1, 0.15) is 17.7 Å². The Morgan fingerprint density at radius 3 is 2.50 bits per heavy atom. The Balaban J connectivity index is 1.66. The molecule has 8 nitrogen and oxygen atoms in total. The lowest BCUT2D eigenvalue weighted by Crippen LogP contribution is -2.52.